The van der Waals surface area contributed by atoms with E-state index >= 15 is 0 Å². The molecule has 4 rings (SSSR count). The summed E-state index contributed by atoms with van der Waals surface area (Å²) in [5.41, 5.74) is -1.28. The highest BCUT2D eigenvalue weighted by atomic mass is 16.3. The number of Topliss-reactive ketones (excluding diaryl/α,β-unsaturated/α-hetero) is 1. The van der Waals surface area contributed by atoms with E-state index in [1.807, 2.05) is 0 Å². The molecule has 3 saturated carbocycles. The minimum atomic E-state index is -1.25. The molecule has 4 aliphatic carbocycles. The van der Waals surface area contributed by atoms with Crippen molar-refractivity contribution in [2.45, 2.75) is 70.5 Å². The predicted octanol–water partition coefficient (Wildman–Crippen LogP) is 1.78. The summed E-state index contributed by atoms with van der Waals surface area (Å²) in [7, 11) is 0. The first-order chi connectivity index (χ1) is 12.2. The van der Waals surface area contributed by atoms with Crippen molar-refractivity contribution >= 4 is 11.6 Å². The topological polar surface area (TPSA) is 94.8 Å². The number of carbonyl (C=O) groups is 2. The van der Waals surface area contributed by atoms with Crippen molar-refractivity contribution in [3.63, 3.8) is 0 Å². The summed E-state index contributed by atoms with van der Waals surface area (Å²) in [5.74, 6) is -0.00833. The average Bonchev–Trinajstić information content (AvgIpc) is 2.86. The Bertz CT molecular complexity index is 684. The molecule has 0 aromatic carbocycles. The molecular weight excluding hydrogens is 332 g/mol. The lowest BCUT2D eigenvalue weighted by Gasteiger charge is -2.60. The highest BCUT2D eigenvalue weighted by molar-refractivity contribution is 5.91. The predicted molar refractivity (Wildman–Crippen MR) is 95.1 cm³/mol. The van der Waals surface area contributed by atoms with Crippen molar-refractivity contribution in [3.8, 4) is 0 Å². The van der Waals surface area contributed by atoms with Crippen LogP contribution in [-0.2, 0) is 9.59 Å². The van der Waals surface area contributed by atoms with E-state index in [2.05, 4.69) is 6.92 Å². The van der Waals surface area contributed by atoms with Gasteiger partial charge in [0, 0.05) is 12.8 Å². The Morgan fingerprint density at radius 1 is 1.23 bits per heavy atom. The van der Waals surface area contributed by atoms with Crippen molar-refractivity contribution in [2.24, 2.45) is 28.6 Å². The molecule has 0 aromatic rings. The molecule has 5 nitrogen and oxygen atoms in total. The third kappa shape index (κ3) is 2.14. The zero-order valence-electron chi connectivity index (χ0n) is 15.7. The molecule has 0 saturated heterocycles. The van der Waals surface area contributed by atoms with Crippen LogP contribution >= 0.6 is 0 Å². The van der Waals surface area contributed by atoms with Gasteiger partial charge in [-0.15, -0.1) is 0 Å². The van der Waals surface area contributed by atoms with Crippen LogP contribution in [0.4, 0.5) is 0 Å². The fourth-order valence-corrected chi connectivity index (χ4v) is 7.10. The lowest BCUT2D eigenvalue weighted by atomic mass is 9.47. The molecule has 0 aliphatic heterocycles. The minimum absolute atomic E-state index is 0.0208. The standard InChI is InChI=1S/C21H30O5/c1-19-7-5-13(23)9-12(19)3-4-14-15-6-8-20(2,17(25)11-22)21(15,26)10-16(24)18(14)19/h9,14-16,18,22,24,26H,3-8,10-11H2,1-2H3/t14-,15-,16-,18?,19-,20+,21+/m0/s1. The quantitative estimate of drug-likeness (QED) is 0.696. The fourth-order valence-electron chi connectivity index (χ4n) is 7.10. The third-order valence-corrected chi connectivity index (χ3v) is 8.64. The van der Waals surface area contributed by atoms with Gasteiger partial charge in [0.05, 0.1) is 17.1 Å². The SMILES string of the molecule is C[C@]12CCC(=O)C=C1CC[C@@H]1C2[C@@H](O)C[C@@]2(O)[C@H]1CC[C@]2(C)C(=O)CO. The van der Waals surface area contributed by atoms with Crippen LogP contribution in [0.1, 0.15) is 58.8 Å². The van der Waals surface area contributed by atoms with Gasteiger partial charge in [0.25, 0.3) is 0 Å². The number of fused-ring (bicyclic) bond motifs is 5. The Hall–Kier alpha value is -1.04. The maximum absolute atomic E-state index is 12.5. The molecule has 4 aliphatic rings. The number of aliphatic hydroxyl groups is 3. The summed E-state index contributed by atoms with van der Waals surface area (Å²) in [4.78, 5) is 24.3. The summed E-state index contributed by atoms with van der Waals surface area (Å²) in [6.45, 7) is 3.36. The molecule has 1 unspecified atom stereocenters. The molecule has 0 spiro atoms. The molecule has 0 radical (unpaired) electrons. The lowest BCUT2D eigenvalue weighted by Crippen LogP contribution is -2.63. The number of ketones is 2. The highest BCUT2D eigenvalue weighted by Gasteiger charge is 2.68. The molecule has 26 heavy (non-hydrogen) atoms. The molecule has 0 aromatic heterocycles. The van der Waals surface area contributed by atoms with E-state index in [0.717, 1.165) is 31.3 Å². The van der Waals surface area contributed by atoms with Crippen molar-refractivity contribution in [3.05, 3.63) is 11.6 Å². The third-order valence-electron chi connectivity index (χ3n) is 8.64. The first kappa shape index (κ1) is 18.3. The number of rotatable bonds is 2. The monoisotopic (exact) mass is 362 g/mol. The minimum Gasteiger partial charge on any atom is -0.393 e. The van der Waals surface area contributed by atoms with Gasteiger partial charge < -0.3 is 15.3 Å². The van der Waals surface area contributed by atoms with Crippen LogP contribution in [0.2, 0.25) is 0 Å². The Labute approximate surface area is 154 Å². The summed E-state index contributed by atoms with van der Waals surface area (Å²) >= 11 is 0. The number of carbonyl (C=O) groups excluding carboxylic acids is 2. The summed E-state index contributed by atoms with van der Waals surface area (Å²) < 4.78 is 0. The second-order valence-electron chi connectivity index (χ2n) is 9.54. The number of aliphatic hydroxyl groups excluding tert-OH is 2. The van der Waals surface area contributed by atoms with Crippen LogP contribution in [0.3, 0.4) is 0 Å². The van der Waals surface area contributed by atoms with Gasteiger partial charge in [-0.05, 0) is 68.3 Å². The first-order valence-electron chi connectivity index (χ1n) is 9.96. The molecular formula is C21H30O5. The highest BCUT2D eigenvalue weighted by Crippen LogP contribution is 2.66. The zero-order valence-corrected chi connectivity index (χ0v) is 15.7. The largest absolute Gasteiger partial charge is 0.393 e. The number of hydrogen-bond donors (Lipinski definition) is 3. The van der Waals surface area contributed by atoms with Crippen molar-refractivity contribution in [1.82, 2.24) is 0 Å². The lowest BCUT2D eigenvalue weighted by molar-refractivity contribution is -0.197. The van der Waals surface area contributed by atoms with E-state index in [4.69, 9.17) is 0 Å². The Morgan fingerprint density at radius 3 is 2.65 bits per heavy atom. The molecule has 3 fully saturated rings. The molecule has 5 heteroatoms. The Balaban J connectivity index is 1.74. The molecule has 144 valence electrons. The molecule has 3 N–H and O–H groups in total. The first-order valence-corrected chi connectivity index (χ1v) is 9.96. The maximum atomic E-state index is 12.5. The van der Waals surface area contributed by atoms with Crippen molar-refractivity contribution in [1.29, 1.82) is 0 Å². The van der Waals surface area contributed by atoms with E-state index in [9.17, 15) is 24.9 Å². The Kier molecular flexibility index (Phi) is 4.04. The van der Waals surface area contributed by atoms with Crippen LogP contribution in [-0.4, -0.2) is 45.2 Å². The van der Waals surface area contributed by atoms with E-state index in [1.165, 1.54) is 0 Å². The smallest absolute Gasteiger partial charge is 0.166 e. The van der Waals surface area contributed by atoms with Gasteiger partial charge in [-0.25, -0.2) is 0 Å². The van der Waals surface area contributed by atoms with Gasteiger partial charge in [-0.1, -0.05) is 12.5 Å². The number of allylic oxidation sites excluding steroid dienone is 1. The van der Waals surface area contributed by atoms with Crippen molar-refractivity contribution in [2.75, 3.05) is 6.61 Å². The van der Waals surface area contributed by atoms with E-state index < -0.39 is 23.7 Å². The van der Waals surface area contributed by atoms with Crippen molar-refractivity contribution < 1.29 is 24.9 Å². The summed E-state index contributed by atoms with van der Waals surface area (Å²) in [6, 6.07) is 0. The van der Waals surface area contributed by atoms with Crippen LogP contribution in [0.15, 0.2) is 11.6 Å². The second kappa shape index (κ2) is 5.73. The molecule has 0 heterocycles. The average molecular weight is 362 g/mol. The van der Waals surface area contributed by atoms with E-state index in [0.29, 0.717) is 12.8 Å². The van der Waals surface area contributed by atoms with Gasteiger partial charge in [0.1, 0.15) is 6.61 Å². The van der Waals surface area contributed by atoms with Gasteiger partial charge in [0.15, 0.2) is 11.6 Å². The van der Waals surface area contributed by atoms with Gasteiger partial charge in [0.2, 0.25) is 0 Å². The Morgan fingerprint density at radius 2 is 1.96 bits per heavy atom. The van der Waals surface area contributed by atoms with Crippen LogP contribution in [0.5, 0.6) is 0 Å². The molecule has 0 amide bonds. The summed E-state index contributed by atoms with van der Waals surface area (Å²) in [5, 5.41) is 32.2. The summed E-state index contributed by atoms with van der Waals surface area (Å²) in [6.07, 6.45) is 5.52. The number of hydrogen-bond acceptors (Lipinski definition) is 5. The normalized spacial score (nSPS) is 50.5. The maximum Gasteiger partial charge on any atom is 0.166 e. The molecule has 0 bridgehead atoms. The van der Waals surface area contributed by atoms with Crippen LogP contribution in [0.25, 0.3) is 0 Å². The van der Waals surface area contributed by atoms with Gasteiger partial charge in [-0.2, -0.15) is 0 Å². The van der Waals surface area contributed by atoms with Gasteiger partial charge >= 0.3 is 0 Å². The zero-order chi connectivity index (χ0) is 18.9. The molecule has 7 atom stereocenters. The van der Waals surface area contributed by atoms with E-state index in [1.54, 1.807) is 13.0 Å². The van der Waals surface area contributed by atoms with Crippen LogP contribution < -0.4 is 0 Å². The second-order valence-corrected chi connectivity index (χ2v) is 9.54. The van der Waals surface area contributed by atoms with Crippen LogP contribution in [0, 0.1) is 28.6 Å². The van der Waals surface area contributed by atoms with Gasteiger partial charge in [-0.3, -0.25) is 9.59 Å². The fraction of sp³-hybridized carbons (Fsp3) is 0.810. The van der Waals surface area contributed by atoms with E-state index in [-0.39, 0.29) is 41.2 Å².